The maximum Gasteiger partial charge on any atom is 0.416 e. The van der Waals surface area contributed by atoms with E-state index in [1.54, 1.807) is 11.8 Å². The van der Waals surface area contributed by atoms with Crippen LogP contribution in [0.2, 0.25) is 0 Å². The zero-order valence-electron chi connectivity index (χ0n) is 17.6. The molecular formula is C20H23F3N6O3. The van der Waals surface area contributed by atoms with Gasteiger partial charge < -0.3 is 14.9 Å². The number of alkyl halides is 3. The molecule has 1 saturated heterocycles. The maximum atomic E-state index is 13.2. The van der Waals surface area contributed by atoms with Gasteiger partial charge in [0.2, 0.25) is 5.91 Å². The highest BCUT2D eigenvalue weighted by Crippen LogP contribution is 2.31. The number of aromatic nitrogens is 4. The molecule has 0 atom stereocenters. The van der Waals surface area contributed by atoms with Gasteiger partial charge in [0.25, 0.3) is 0 Å². The lowest BCUT2D eigenvalue weighted by atomic mass is 10.0. The number of halogens is 3. The van der Waals surface area contributed by atoms with Crippen LogP contribution in [0.3, 0.4) is 0 Å². The molecule has 9 nitrogen and oxygen atoms in total. The van der Waals surface area contributed by atoms with Gasteiger partial charge in [0, 0.05) is 32.3 Å². The first-order valence-corrected chi connectivity index (χ1v) is 9.92. The summed E-state index contributed by atoms with van der Waals surface area (Å²) < 4.78 is 39.5. The monoisotopic (exact) mass is 452 g/mol. The Morgan fingerprint density at radius 3 is 2.53 bits per heavy atom. The molecule has 1 N–H and O–H groups in total. The molecule has 1 aliphatic rings. The number of rotatable bonds is 5. The first-order chi connectivity index (χ1) is 15.0. The molecule has 2 amide bonds. The van der Waals surface area contributed by atoms with Gasteiger partial charge in [-0.3, -0.25) is 4.79 Å². The van der Waals surface area contributed by atoms with E-state index in [0.29, 0.717) is 42.9 Å². The second kappa shape index (κ2) is 9.37. The van der Waals surface area contributed by atoms with Crippen molar-refractivity contribution >= 4 is 18.1 Å². The van der Waals surface area contributed by atoms with Crippen LogP contribution in [-0.2, 0) is 17.5 Å². The number of hydrogen-bond acceptors (Lipinski definition) is 5. The van der Waals surface area contributed by atoms with E-state index < -0.39 is 17.8 Å². The molecule has 0 aliphatic carbocycles. The Labute approximate surface area is 182 Å². The molecule has 1 fully saturated rings. The molecule has 172 valence electrons. The van der Waals surface area contributed by atoms with Crippen LogP contribution in [0.1, 0.15) is 35.4 Å². The van der Waals surface area contributed by atoms with Gasteiger partial charge in [-0.1, -0.05) is 6.07 Å². The quantitative estimate of drug-likeness (QED) is 0.700. The van der Waals surface area contributed by atoms with Crippen LogP contribution in [0.25, 0.3) is 6.08 Å². The summed E-state index contributed by atoms with van der Waals surface area (Å²) in [6, 6.07) is 3.12. The van der Waals surface area contributed by atoms with Crippen LogP contribution in [0.5, 0.6) is 0 Å². The number of likely N-dealkylation sites (tertiary alicyclic amines) is 1. The van der Waals surface area contributed by atoms with E-state index >= 15 is 0 Å². The van der Waals surface area contributed by atoms with Crippen LogP contribution in [0.15, 0.2) is 24.3 Å². The summed E-state index contributed by atoms with van der Waals surface area (Å²) >= 11 is 0. The first-order valence-electron chi connectivity index (χ1n) is 9.92. The molecule has 3 rings (SSSR count). The van der Waals surface area contributed by atoms with Crippen LogP contribution >= 0.6 is 0 Å². The van der Waals surface area contributed by atoms with Gasteiger partial charge in [-0.25, -0.2) is 4.79 Å². The Kier molecular flexibility index (Phi) is 6.80. The largest absolute Gasteiger partial charge is 0.465 e. The minimum atomic E-state index is -4.51. The minimum Gasteiger partial charge on any atom is -0.465 e. The molecule has 1 aliphatic heterocycles. The van der Waals surface area contributed by atoms with Crippen molar-refractivity contribution in [2.24, 2.45) is 0 Å². The summed E-state index contributed by atoms with van der Waals surface area (Å²) in [7, 11) is 1.50. The van der Waals surface area contributed by atoms with Gasteiger partial charge in [-0.05, 0) is 54.3 Å². The summed E-state index contributed by atoms with van der Waals surface area (Å²) in [5.74, 6) is 0.100. The van der Waals surface area contributed by atoms with E-state index in [2.05, 4.69) is 15.4 Å². The minimum absolute atomic E-state index is 0.0362. The van der Waals surface area contributed by atoms with E-state index in [4.69, 9.17) is 5.11 Å². The fraction of sp³-hybridized carbons (Fsp3) is 0.450. The number of hydrogen-bond donors (Lipinski definition) is 1. The van der Waals surface area contributed by atoms with Gasteiger partial charge in [0.05, 0.1) is 12.1 Å². The SMILES string of the molecule is Cc1nnn(Cc2cc(C(F)(F)F)ccc2C=CC(=O)N2CCC(N(C)C(=O)O)CC2)n1. The molecule has 0 saturated carbocycles. The second-order valence-corrected chi connectivity index (χ2v) is 7.56. The highest BCUT2D eigenvalue weighted by atomic mass is 19.4. The molecule has 2 aromatic rings. The topological polar surface area (TPSA) is 104 Å². The van der Waals surface area contributed by atoms with E-state index in [1.165, 1.54) is 35.0 Å². The van der Waals surface area contributed by atoms with Crippen molar-refractivity contribution in [3.63, 3.8) is 0 Å². The predicted molar refractivity (Wildman–Crippen MR) is 108 cm³/mol. The van der Waals surface area contributed by atoms with E-state index in [-0.39, 0.29) is 18.5 Å². The van der Waals surface area contributed by atoms with Gasteiger partial charge in [0.15, 0.2) is 5.82 Å². The molecule has 1 aromatic carbocycles. The molecule has 1 aromatic heterocycles. The van der Waals surface area contributed by atoms with Crippen molar-refractivity contribution < 1.29 is 27.9 Å². The normalized spacial score (nSPS) is 15.3. The average molecular weight is 452 g/mol. The number of aryl methyl sites for hydroxylation is 1. The molecule has 32 heavy (non-hydrogen) atoms. The van der Waals surface area contributed by atoms with Crippen LogP contribution in [-0.4, -0.2) is 73.3 Å². The summed E-state index contributed by atoms with van der Waals surface area (Å²) in [4.78, 5) is 27.7. The number of amides is 2. The van der Waals surface area contributed by atoms with E-state index in [1.807, 2.05) is 0 Å². The zero-order valence-corrected chi connectivity index (χ0v) is 17.6. The zero-order chi connectivity index (χ0) is 23.5. The predicted octanol–water partition coefficient (Wildman–Crippen LogP) is 2.66. The Morgan fingerprint density at radius 2 is 1.97 bits per heavy atom. The number of nitrogens with zero attached hydrogens (tertiary/aromatic N) is 6. The Bertz CT molecular complexity index is 1010. The fourth-order valence-corrected chi connectivity index (χ4v) is 3.52. The number of piperidine rings is 1. The summed E-state index contributed by atoms with van der Waals surface area (Å²) in [5.41, 5.74) is -0.0812. The van der Waals surface area contributed by atoms with Crippen LogP contribution < -0.4 is 0 Å². The molecule has 2 heterocycles. The third-order valence-corrected chi connectivity index (χ3v) is 5.37. The van der Waals surface area contributed by atoms with Crippen LogP contribution in [0.4, 0.5) is 18.0 Å². The highest BCUT2D eigenvalue weighted by Gasteiger charge is 2.31. The number of carbonyl (C=O) groups excluding carboxylic acids is 1. The molecular weight excluding hydrogens is 429 g/mol. The van der Waals surface area contributed by atoms with Gasteiger partial charge in [0.1, 0.15) is 0 Å². The molecule has 0 radical (unpaired) electrons. The van der Waals surface area contributed by atoms with Crippen molar-refractivity contribution in [3.05, 3.63) is 46.8 Å². The van der Waals surface area contributed by atoms with Gasteiger partial charge in [-0.15, -0.1) is 10.2 Å². The Balaban J connectivity index is 1.74. The number of benzene rings is 1. The van der Waals surface area contributed by atoms with E-state index in [9.17, 15) is 22.8 Å². The van der Waals surface area contributed by atoms with Gasteiger partial charge in [-0.2, -0.15) is 18.0 Å². The smallest absolute Gasteiger partial charge is 0.416 e. The number of carboxylic acid groups (broad SMARTS) is 1. The second-order valence-electron chi connectivity index (χ2n) is 7.56. The first kappa shape index (κ1) is 23.2. The van der Waals surface area contributed by atoms with E-state index in [0.717, 1.165) is 12.1 Å². The summed E-state index contributed by atoms with van der Waals surface area (Å²) in [5, 5.41) is 20.6. The van der Waals surface area contributed by atoms with Crippen molar-refractivity contribution in [1.82, 2.24) is 30.0 Å². The van der Waals surface area contributed by atoms with Crippen molar-refractivity contribution in [2.45, 2.75) is 38.5 Å². The average Bonchev–Trinajstić information content (AvgIpc) is 3.15. The molecule has 12 heteroatoms. The number of carbonyl (C=O) groups is 2. The lowest BCUT2D eigenvalue weighted by molar-refractivity contribution is -0.137. The Hall–Kier alpha value is -3.44. The molecule has 0 bridgehead atoms. The molecule has 0 unspecified atom stereocenters. The van der Waals surface area contributed by atoms with Crippen molar-refractivity contribution in [2.75, 3.05) is 20.1 Å². The molecule has 0 spiro atoms. The third kappa shape index (κ3) is 5.62. The highest BCUT2D eigenvalue weighted by molar-refractivity contribution is 5.92. The number of tetrazole rings is 1. The fourth-order valence-electron chi connectivity index (χ4n) is 3.52. The lowest BCUT2D eigenvalue weighted by Crippen LogP contribution is -2.46. The third-order valence-electron chi connectivity index (χ3n) is 5.37. The maximum absolute atomic E-state index is 13.2. The van der Waals surface area contributed by atoms with Crippen molar-refractivity contribution in [1.29, 1.82) is 0 Å². The Morgan fingerprint density at radius 1 is 1.28 bits per heavy atom. The van der Waals surface area contributed by atoms with Crippen molar-refractivity contribution in [3.8, 4) is 0 Å². The summed E-state index contributed by atoms with van der Waals surface area (Å²) in [6.45, 7) is 2.37. The standard InChI is InChI=1S/C20H23F3N6O3/c1-13-24-26-29(25-13)12-15-11-16(20(21,22)23)5-3-14(15)4-6-18(30)28-9-7-17(8-10-28)27(2)19(31)32/h3-6,11,17H,7-10,12H2,1-2H3,(H,31,32). The van der Waals surface area contributed by atoms with Crippen LogP contribution in [0, 0.1) is 6.92 Å². The lowest BCUT2D eigenvalue weighted by Gasteiger charge is -2.35. The summed E-state index contributed by atoms with van der Waals surface area (Å²) in [6.07, 6.45) is -1.70. The van der Waals surface area contributed by atoms with Gasteiger partial charge >= 0.3 is 12.3 Å².